The minimum atomic E-state index is -0.540. The quantitative estimate of drug-likeness (QED) is 0.699. The van der Waals surface area contributed by atoms with E-state index in [1.54, 1.807) is 13.4 Å². The van der Waals surface area contributed by atoms with E-state index in [4.69, 9.17) is 13.9 Å². The molecule has 1 aromatic heterocycles. The molecule has 0 aromatic carbocycles. The zero-order valence-electron chi connectivity index (χ0n) is 11.3. The first kappa shape index (κ1) is 15.2. The SMILES string of the molecule is COCC(C)OCC(O)CN[C@H](C)c1ccco1. The zero-order valence-corrected chi connectivity index (χ0v) is 11.3. The number of hydrogen-bond donors (Lipinski definition) is 2. The number of hydrogen-bond acceptors (Lipinski definition) is 5. The van der Waals surface area contributed by atoms with Crippen molar-refractivity contribution in [2.24, 2.45) is 0 Å². The topological polar surface area (TPSA) is 63.9 Å². The lowest BCUT2D eigenvalue weighted by Crippen LogP contribution is -2.33. The van der Waals surface area contributed by atoms with Crippen LogP contribution in [-0.4, -0.2) is 44.2 Å². The van der Waals surface area contributed by atoms with Crippen LogP contribution in [0.1, 0.15) is 25.6 Å². The van der Waals surface area contributed by atoms with E-state index in [0.29, 0.717) is 19.8 Å². The second kappa shape index (κ2) is 8.26. The van der Waals surface area contributed by atoms with E-state index in [1.807, 2.05) is 26.0 Å². The van der Waals surface area contributed by atoms with Gasteiger partial charge in [0.05, 0.1) is 37.7 Å². The van der Waals surface area contributed by atoms with E-state index in [2.05, 4.69) is 5.32 Å². The Balaban J connectivity index is 2.15. The molecule has 0 amide bonds. The summed E-state index contributed by atoms with van der Waals surface area (Å²) in [5, 5.41) is 12.9. The molecule has 0 fully saturated rings. The molecule has 5 heteroatoms. The van der Waals surface area contributed by atoms with E-state index in [1.165, 1.54) is 0 Å². The summed E-state index contributed by atoms with van der Waals surface area (Å²) in [4.78, 5) is 0. The van der Waals surface area contributed by atoms with Crippen molar-refractivity contribution in [3.05, 3.63) is 24.2 Å². The molecule has 0 saturated heterocycles. The Morgan fingerprint density at radius 1 is 1.39 bits per heavy atom. The first-order valence-electron chi connectivity index (χ1n) is 6.19. The molecule has 0 radical (unpaired) electrons. The second-order valence-corrected chi connectivity index (χ2v) is 4.40. The molecule has 104 valence electrons. The van der Waals surface area contributed by atoms with Gasteiger partial charge in [-0.2, -0.15) is 0 Å². The first-order valence-corrected chi connectivity index (χ1v) is 6.19. The Labute approximate surface area is 108 Å². The smallest absolute Gasteiger partial charge is 0.120 e. The Hall–Kier alpha value is -0.880. The van der Waals surface area contributed by atoms with Crippen molar-refractivity contribution in [1.82, 2.24) is 5.32 Å². The van der Waals surface area contributed by atoms with Crippen molar-refractivity contribution < 1.29 is 19.0 Å². The van der Waals surface area contributed by atoms with Crippen LogP contribution >= 0.6 is 0 Å². The van der Waals surface area contributed by atoms with E-state index in [0.717, 1.165) is 5.76 Å². The maximum Gasteiger partial charge on any atom is 0.120 e. The third kappa shape index (κ3) is 5.64. The van der Waals surface area contributed by atoms with Crippen LogP contribution in [-0.2, 0) is 9.47 Å². The number of furan rings is 1. The number of aliphatic hydroxyl groups excluding tert-OH is 1. The Morgan fingerprint density at radius 3 is 2.78 bits per heavy atom. The summed E-state index contributed by atoms with van der Waals surface area (Å²) >= 11 is 0. The first-order chi connectivity index (χ1) is 8.63. The van der Waals surface area contributed by atoms with Crippen LogP contribution in [0.5, 0.6) is 0 Å². The molecule has 1 aromatic rings. The second-order valence-electron chi connectivity index (χ2n) is 4.40. The van der Waals surface area contributed by atoms with Crippen LogP contribution in [0.3, 0.4) is 0 Å². The summed E-state index contributed by atoms with van der Waals surface area (Å²) in [5.74, 6) is 0.857. The molecule has 0 aliphatic heterocycles. The highest BCUT2D eigenvalue weighted by Gasteiger charge is 2.12. The third-order valence-corrected chi connectivity index (χ3v) is 2.60. The van der Waals surface area contributed by atoms with Gasteiger partial charge in [0.15, 0.2) is 0 Å². The molecule has 2 unspecified atom stereocenters. The van der Waals surface area contributed by atoms with Gasteiger partial charge < -0.3 is 24.3 Å². The fraction of sp³-hybridized carbons (Fsp3) is 0.692. The van der Waals surface area contributed by atoms with Crippen LogP contribution < -0.4 is 5.32 Å². The summed E-state index contributed by atoms with van der Waals surface area (Å²) in [6.45, 7) is 5.18. The van der Waals surface area contributed by atoms with Gasteiger partial charge in [-0.25, -0.2) is 0 Å². The van der Waals surface area contributed by atoms with E-state index in [-0.39, 0.29) is 12.1 Å². The standard InChI is InChI=1S/C13H23NO4/c1-10(8-16-3)18-9-12(15)7-14-11(2)13-5-4-6-17-13/h4-6,10-12,14-15H,7-9H2,1-3H3/t10?,11-,12?/m1/s1. The zero-order chi connectivity index (χ0) is 13.4. The Bertz CT molecular complexity index is 302. The predicted octanol–water partition coefficient (Wildman–Crippen LogP) is 1.34. The molecule has 0 bridgehead atoms. The maximum atomic E-state index is 9.75. The van der Waals surface area contributed by atoms with Gasteiger partial charge in [-0.3, -0.25) is 0 Å². The maximum absolute atomic E-state index is 9.75. The van der Waals surface area contributed by atoms with Gasteiger partial charge in [0.2, 0.25) is 0 Å². The summed E-state index contributed by atoms with van der Waals surface area (Å²) < 4.78 is 15.6. The highest BCUT2D eigenvalue weighted by molar-refractivity contribution is 5.02. The van der Waals surface area contributed by atoms with Crippen LogP contribution in [0.4, 0.5) is 0 Å². The minimum absolute atomic E-state index is 0.00727. The average molecular weight is 257 g/mol. The Kier molecular flexibility index (Phi) is 6.97. The fourth-order valence-electron chi connectivity index (χ4n) is 1.57. The van der Waals surface area contributed by atoms with E-state index < -0.39 is 6.10 Å². The van der Waals surface area contributed by atoms with Crippen molar-refractivity contribution >= 4 is 0 Å². The molecular weight excluding hydrogens is 234 g/mol. The van der Waals surface area contributed by atoms with Gasteiger partial charge in [0.25, 0.3) is 0 Å². The predicted molar refractivity (Wildman–Crippen MR) is 68.4 cm³/mol. The number of rotatable bonds is 9. The number of aliphatic hydroxyl groups is 1. The number of ether oxygens (including phenoxy) is 2. The number of methoxy groups -OCH3 is 1. The highest BCUT2D eigenvalue weighted by Crippen LogP contribution is 2.11. The summed E-state index contributed by atoms with van der Waals surface area (Å²) in [6.07, 6.45) is 1.09. The summed E-state index contributed by atoms with van der Waals surface area (Å²) in [5.41, 5.74) is 0. The molecule has 3 atom stereocenters. The van der Waals surface area contributed by atoms with Crippen molar-refractivity contribution in [2.75, 3.05) is 26.9 Å². The van der Waals surface area contributed by atoms with Gasteiger partial charge >= 0.3 is 0 Å². The average Bonchev–Trinajstić information content (AvgIpc) is 2.87. The summed E-state index contributed by atoms with van der Waals surface area (Å²) in [7, 11) is 1.63. The Morgan fingerprint density at radius 2 is 2.17 bits per heavy atom. The van der Waals surface area contributed by atoms with Crippen LogP contribution in [0.2, 0.25) is 0 Å². The van der Waals surface area contributed by atoms with E-state index >= 15 is 0 Å². The normalized spacial score (nSPS) is 16.4. The molecule has 0 aliphatic rings. The monoisotopic (exact) mass is 257 g/mol. The molecule has 0 spiro atoms. The molecule has 1 rings (SSSR count). The molecule has 2 N–H and O–H groups in total. The van der Waals surface area contributed by atoms with Gasteiger partial charge in [0, 0.05) is 13.7 Å². The third-order valence-electron chi connectivity index (χ3n) is 2.60. The lowest BCUT2D eigenvalue weighted by molar-refractivity contribution is -0.0316. The van der Waals surface area contributed by atoms with Gasteiger partial charge in [0.1, 0.15) is 5.76 Å². The molecule has 5 nitrogen and oxygen atoms in total. The number of nitrogens with one attached hydrogen (secondary N) is 1. The largest absolute Gasteiger partial charge is 0.468 e. The van der Waals surface area contributed by atoms with Gasteiger partial charge in [-0.15, -0.1) is 0 Å². The van der Waals surface area contributed by atoms with Crippen LogP contribution in [0.25, 0.3) is 0 Å². The lowest BCUT2D eigenvalue weighted by Gasteiger charge is -2.18. The van der Waals surface area contributed by atoms with Crippen LogP contribution in [0.15, 0.2) is 22.8 Å². The van der Waals surface area contributed by atoms with Crippen molar-refractivity contribution in [3.63, 3.8) is 0 Å². The fourth-order valence-corrected chi connectivity index (χ4v) is 1.57. The highest BCUT2D eigenvalue weighted by atomic mass is 16.5. The lowest BCUT2D eigenvalue weighted by atomic mass is 10.2. The molecular formula is C13H23NO4. The summed E-state index contributed by atoms with van der Waals surface area (Å²) in [6, 6.07) is 3.83. The molecule has 0 aliphatic carbocycles. The van der Waals surface area contributed by atoms with Crippen molar-refractivity contribution in [1.29, 1.82) is 0 Å². The molecule has 1 heterocycles. The van der Waals surface area contributed by atoms with Crippen molar-refractivity contribution in [2.45, 2.75) is 32.1 Å². The molecule has 0 saturated carbocycles. The van der Waals surface area contributed by atoms with Gasteiger partial charge in [-0.1, -0.05) is 0 Å². The van der Waals surface area contributed by atoms with Crippen molar-refractivity contribution in [3.8, 4) is 0 Å². The minimum Gasteiger partial charge on any atom is -0.468 e. The van der Waals surface area contributed by atoms with Crippen LogP contribution in [0, 0.1) is 0 Å². The van der Waals surface area contributed by atoms with E-state index in [9.17, 15) is 5.11 Å². The van der Waals surface area contributed by atoms with Gasteiger partial charge in [-0.05, 0) is 26.0 Å². The molecule has 18 heavy (non-hydrogen) atoms.